The highest BCUT2D eigenvalue weighted by Gasteiger charge is 2.18. The van der Waals surface area contributed by atoms with Gasteiger partial charge in [0.15, 0.2) is 5.78 Å². The largest absolute Gasteiger partial charge is 0.491 e. The van der Waals surface area contributed by atoms with Crippen LogP contribution >= 0.6 is 0 Å². The molecule has 2 N–H and O–H groups in total. The van der Waals surface area contributed by atoms with Crippen molar-refractivity contribution >= 4 is 16.7 Å². The number of nitrogens with one attached hydrogen (secondary N) is 1. The number of ketones is 1. The average Bonchev–Trinajstić information content (AvgIpc) is 2.96. The molecule has 5 nitrogen and oxygen atoms in total. The first-order valence-electron chi connectivity index (χ1n) is 10.2. The van der Waals surface area contributed by atoms with E-state index >= 15 is 0 Å². The highest BCUT2D eigenvalue weighted by Crippen LogP contribution is 2.30. The highest BCUT2D eigenvalue weighted by atomic mass is 16.5. The minimum Gasteiger partial charge on any atom is -0.491 e. The molecule has 0 spiro atoms. The van der Waals surface area contributed by atoms with Crippen molar-refractivity contribution in [2.45, 2.75) is 71.6 Å². The number of fused-ring (bicyclic) bond motifs is 1. The fraction of sp³-hybridized carbons (Fsp3) is 0.591. The molecule has 1 aliphatic rings. The van der Waals surface area contributed by atoms with Crippen LogP contribution in [0.4, 0.5) is 0 Å². The van der Waals surface area contributed by atoms with Crippen LogP contribution in [0.15, 0.2) is 18.2 Å². The highest BCUT2D eigenvalue weighted by molar-refractivity contribution is 6.08. The number of hydrogen-bond acceptors (Lipinski definition) is 4. The van der Waals surface area contributed by atoms with Gasteiger partial charge in [0.2, 0.25) is 0 Å². The zero-order valence-electron chi connectivity index (χ0n) is 16.8. The van der Waals surface area contributed by atoms with Gasteiger partial charge in [-0.1, -0.05) is 19.3 Å². The van der Waals surface area contributed by atoms with E-state index in [1.807, 2.05) is 25.1 Å². The lowest BCUT2D eigenvalue weighted by Crippen LogP contribution is -2.38. The molecule has 0 amide bonds. The summed E-state index contributed by atoms with van der Waals surface area (Å²) in [7, 11) is 0. The number of hydrogen-bond donors (Lipinski definition) is 2. The molecular formula is C22H32N2O3. The Morgan fingerprint density at radius 2 is 2.07 bits per heavy atom. The monoisotopic (exact) mass is 372 g/mol. The molecule has 3 rings (SSSR count). The van der Waals surface area contributed by atoms with E-state index in [4.69, 9.17) is 4.74 Å². The fourth-order valence-electron chi connectivity index (χ4n) is 4.26. The zero-order valence-corrected chi connectivity index (χ0v) is 16.8. The van der Waals surface area contributed by atoms with E-state index in [1.54, 1.807) is 6.92 Å². The van der Waals surface area contributed by atoms with Gasteiger partial charge in [0, 0.05) is 41.3 Å². The van der Waals surface area contributed by atoms with Crippen molar-refractivity contribution in [3.63, 3.8) is 0 Å². The number of aryl methyl sites for hydroxylation is 1. The quantitative estimate of drug-likeness (QED) is 0.691. The Morgan fingerprint density at radius 3 is 2.74 bits per heavy atom. The first-order valence-corrected chi connectivity index (χ1v) is 10.2. The predicted molar refractivity (Wildman–Crippen MR) is 109 cm³/mol. The van der Waals surface area contributed by atoms with Crippen LogP contribution in [0, 0.1) is 6.92 Å². The van der Waals surface area contributed by atoms with Crippen molar-refractivity contribution in [1.82, 2.24) is 9.88 Å². The summed E-state index contributed by atoms with van der Waals surface area (Å²) in [5, 5.41) is 14.6. The van der Waals surface area contributed by atoms with Gasteiger partial charge < -0.3 is 19.7 Å². The normalized spacial score (nSPS) is 16.6. The van der Waals surface area contributed by atoms with E-state index in [9.17, 15) is 9.90 Å². The van der Waals surface area contributed by atoms with Gasteiger partial charge in [0.1, 0.15) is 18.5 Å². The molecule has 1 aromatic carbocycles. The third-order valence-corrected chi connectivity index (χ3v) is 5.65. The summed E-state index contributed by atoms with van der Waals surface area (Å²) in [6.07, 6.45) is 5.74. The topological polar surface area (TPSA) is 63.5 Å². The molecule has 1 saturated carbocycles. The second-order valence-electron chi connectivity index (χ2n) is 7.65. The molecule has 1 aliphatic carbocycles. The van der Waals surface area contributed by atoms with Crippen LogP contribution in [0.1, 0.15) is 62.0 Å². The average molecular weight is 373 g/mol. The Hall–Kier alpha value is -1.85. The molecule has 1 heterocycles. The molecule has 2 aromatic rings. The van der Waals surface area contributed by atoms with Crippen molar-refractivity contribution in [2.75, 3.05) is 13.2 Å². The summed E-state index contributed by atoms with van der Waals surface area (Å²) in [4.78, 5) is 12.1. The van der Waals surface area contributed by atoms with Crippen molar-refractivity contribution in [3.05, 3.63) is 29.5 Å². The van der Waals surface area contributed by atoms with Crippen LogP contribution in [0.25, 0.3) is 10.9 Å². The molecule has 1 aromatic heterocycles. The Balaban J connectivity index is 1.64. The number of benzene rings is 1. The van der Waals surface area contributed by atoms with Gasteiger partial charge in [-0.3, -0.25) is 4.79 Å². The van der Waals surface area contributed by atoms with Gasteiger partial charge in [-0.25, -0.2) is 0 Å². The molecule has 1 fully saturated rings. The van der Waals surface area contributed by atoms with E-state index in [0.29, 0.717) is 18.3 Å². The van der Waals surface area contributed by atoms with Crippen LogP contribution in [-0.4, -0.2) is 40.8 Å². The summed E-state index contributed by atoms with van der Waals surface area (Å²) < 4.78 is 7.97. The Kier molecular flexibility index (Phi) is 6.55. The molecule has 0 radical (unpaired) electrons. The van der Waals surface area contributed by atoms with Crippen LogP contribution in [0.3, 0.4) is 0 Å². The van der Waals surface area contributed by atoms with E-state index in [-0.39, 0.29) is 12.4 Å². The third kappa shape index (κ3) is 4.53. The summed E-state index contributed by atoms with van der Waals surface area (Å²) in [5.41, 5.74) is 2.80. The number of nitrogens with zero attached hydrogens (tertiary/aromatic N) is 1. The van der Waals surface area contributed by atoms with Gasteiger partial charge in [0.05, 0.1) is 0 Å². The van der Waals surface area contributed by atoms with Gasteiger partial charge >= 0.3 is 0 Å². The number of aliphatic hydroxyl groups excluding tert-OH is 1. The Labute approximate surface area is 161 Å². The Morgan fingerprint density at radius 1 is 1.33 bits per heavy atom. The predicted octanol–water partition coefficient (Wildman–Crippen LogP) is 3.83. The molecule has 1 unspecified atom stereocenters. The van der Waals surface area contributed by atoms with Crippen molar-refractivity contribution in [1.29, 1.82) is 0 Å². The van der Waals surface area contributed by atoms with E-state index < -0.39 is 6.10 Å². The van der Waals surface area contributed by atoms with Gasteiger partial charge in [-0.2, -0.15) is 0 Å². The smallest absolute Gasteiger partial charge is 0.162 e. The van der Waals surface area contributed by atoms with Crippen LogP contribution in [-0.2, 0) is 6.54 Å². The number of aliphatic hydroxyl groups is 1. The number of aromatic nitrogens is 1. The minimum atomic E-state index is -0.545. The van der Waals surface area contributed by atoms with Crippen LogP contribution in [0.2, 0.25) is 0 Å². The third-order valence-electron chi connectivity index (χ3n) is 5.65. The molecular weight excluding hydrogens is 340 g/mol. The minimum absolute atomic E-state index is 0.0681. The first kappa shape index (κ1) is 19.9. The molecule has 0 aliphatic heterocycles. The number of carbonyl (C=O) groups excluding carboxylic acids is 1. The van der Waals surface area contributed by atoms with Crippen molar-refractivity contribution < 1.29 is 14.6 Å². The molecule has 0 saturated heterocycles. The second-order valence-corrected chi connectivity index (χ2v) is 7.65. The summed E-state index contributed by atoms with van der Waals surface area (Å²) in [6.45, 7) is 7.29. The maximum absolute atomic E-state index is 12.1. The molecule has 148 valence electrons. The number of rotatable bonds is 8. The van der Waals surface area contributed by atoms with E-state index in [1.165, 1.54) is 32.1 Å². The molecule has 5 heteroatoms. The lowest BCUT2D eigenvalue weighted by atomic mass is 9.95. The molecule has 27 heavy (non-hydrogen) atoms. The van der Waals surface area contributed by atoms with Gasteiger partial charge in [-0.05, 0) is 51.8 Å². The summed E-state index contributed by atoms with van der Waals surface area (Å²) in [6, 6.07) is 6.37. The number of ether oxygens (including phenoxy) is 1. The summed E-state index contributed by atoms with van der Waals surface area (Å²) >= 11 is 0. The lowest BCUT2D eigenvalue weighted by molar-refractivity contribution is 0.101. The lowest BCUT2D eigenvalue weighted by Gasteiger charge is -2.24. The van der Waals surface area contributed by atoms with Crippen LogP contribution < -0.4 is 10.1 Å². The zero-order chi connectivity index (χ0) is 19.4. The van der Waals surface area contributed by atoms with E-state index in [2.05, 4.69) is 16.8 Å². The van der Waals surface area contributed by atoms with Crippen molar-refractivity contribution in [2.24, 2.45) is 0 Å². The van der Waals surface area contributed by atoms with Gasteiger partial charge in [-0.15, -0.1) is 0 Å². The van der Waals surface area contributed by atoms with Crippen LogP contribution in [0.5, 0.6) is 5.75 Å². The maximum Gasteiger partial charge on any atom is 0.162 e. The second kappa shape index (κ2) is 8.89. The fourth-order valence-corrected chi connectivity index (χ4v) is 4.26. The summed E-state index contributed by atoms with van der Waals surface area (Å²) in [5.74, 6) is 0.758. The molecule has 0 bridgehead atoms. The number of Topliss-reactive ketones (excluding diaryl/α,β-unsaturated/α-hetero) is 1. The SMILES string of the molecule is CCn1c(C)c(C(C)=O)c2cc(OCC(O)CNC3CCCCC3)ccc21. The standard InChI is InChI=1S/C22H32N2O3/c1-4-24-15(2)22(16(3)25)20-12-19(10-11-21(20)24)27-14-18(26)13-23-17-8-6-5-7-9-17/h10-12,17-18,23,26H,4-9,13-14H2,1-3H3. The number of carbonyl (C=O) groups is 1. The first-order chi connectivity index (χ1) is 13.0. The van der Waals surface area contributed by atoms with Gasteiger partial charge in [0.25, 0.3) is 0 Å². The Bertz CT molecular complexity index is 790. The van der Waals surface area contributed by atoms with Crippen molar-refractivity contribution in [3.8, 4) is 5.75 Å². The van der Waals surface area contributed by atoms with E-state index in [0.717, 1.165) is 28.7 Å². The maximum atomic E-state index is 12.1. The molecule has 1 atom stereocenters.